The van der Waals surface area contributed by atoms with Gasteiger partial charge in [-0.05, 0) is 40.9 Å². The number of ether oxygens (including phenoxy) is 1. The SMILES string of the molecule is NC(=S)c1ccccc1OCC(=O)NCCc1ccsc1. The average molecular weight is 320 g/mol. The van der Waals surface area contributed by atoms with Crippen LogP contribution in [0.3, 0.4) is 0 Å². The van der Waals surface area contributed by atoms with E-state index in [4.69, 9.17) is 22.7 Å². The van der Waals surface area contributed by atoms with Crippen molar-refractivity contribution in [2.45, 2.75) is 6.42 Å². The van der Waals surface area contributed by atoms with Crippen molar-refractivity contribution in [3.63, 3.8) is 0 Å². The molecule has 0 spiro atoms. The Kier molecular flexibility index (Phi) is 5.71. The first kappa shape index (κ1) is 15.5. The van der Waals surface area contributed by atoms with Gasteiger partial charge < -0.3 is 15.8 Å². The molecule has 1 heterocycles. The Hall–Kier alpha value is -1.92. The molecule has 0 aliphatic carbocycles. The summed E-state index contributed by atoms with van der Waals surface area (Å²) < 4.78 is 5.47. The molecule has 2 aromatic rings. The van der Waals surface area contributed by atoms with Gasteiger partial charge in [0.1, 0.15) is 10.7 Å². The summed E-state index contributed by atoms with van der Waals surface area (Å²) in [6, 6.07) is 9.19. The molecule has 3 N–H and O–H groups in total. The van der Waals surface area contributed by atoms with Gasteiger partial charge in [-0.15, -0.1) is 0 Å². The molecule has 0 radical (unpaired) electrons. The van der Waals surface area contributed by atoms with E-state index < -0.39 is 0 Å². The van der Waals surface area contributed by atoms with Crippen LogP contribution < -0.4 is 15.8 Å². The van der Waals surface area contributed by atoms with Crippen LogP contribution in [0, 0.1) is 0 Å². The predicted octanol–water partition coefficient (Wildman–Crippen LogP) is 2.12. The Balaban J connectivity index is 1.77. The quantitative estimate of drug-likeness (QED) is 0.767. The maximum absolute atomic E-state index is 11.7. The van der Waals surface area contributed by atoms with Crippen molar-refractivity contribution in [2.24, 2.45) is 5.73 Å². The molecule has 1 amide bonds. The summed E-state index contributed by atoms with van der Waals surface area (Å²) >= 11 is 6.59. The number of amides is 1. The Morgan fingerprint density at radius 1 is 1.33 bits per heavy atom. The summed E-state index contributed by atoms with van der Waals surface area (Å²) in [7, 11) is 0. The fraction of sp³-hybridized carbons (Fsp3) is 0.200. The number of hydrogen-bond acceptors (Lipinski definition) is 4. The van der Waals surface area contributed by atoms with Crippen LogP contribution in [0.25, 0.3) is 0 Å². The van der Waals surface area contributed by atoms with E-state index in [1.807, 2.05) is 23.6 Å². The number of carbonyl (C=O) groups excluding carboxylic acids is 1. The zero-order valence-corrected chi connectivity index (χ0v) is 13.0. The summed E-state index contributed by atoms with van der Waals surface area (Å²) in [5, 5.41) is 6.91. The lowest BCUT2D eigenvalue weighted by Crippen LogP contribution is -2.30. The molecule has 0 saturated carbocycles. The van der Waals surface area contributed by atoms with Crippen molar-refractivity contribution in [1.29, 1.82) is 0 Å². The highest BCUT2D eigenvalue weighted by Gasteiger charge is 2.08. The summed E-state index contributed by atoms with van der Waals surface area (Å²) in [6.45, 7) is 0.541. The van der Waals surface area contributed by atoms with Crippen molar-refractivity contribution >= 4 is 34.5 Å². The number of thiophene rings is 1. The Bertz CT molecular complexity index is 612. The molecule has 21 heavy (non-hydrogen) atoms. The van der Waals surface area contributed by atoms with Gasteiger partial charge in [0.2, 0.25) is 0 Å². The van der Waals surface area contributed by atoms with Gasteiger partial charge in [-0.1, -0.05) is 24.4 Å². The van der Waals surface area contributed by atoms with Gasteiger partial charge in [0.25, 0.3) is 5.91 Å². The number of rotatable bonds is 7. The van der Waals surface area contributed by atoms with E-state index in [9.17, 15) is 4.79 Å². The van der Waals surface area contributed by atoms with Gasteiger partial charge in [0.15, 0.2) is 6.61 Å². The molecule has 0 unspecified atom stereocenters. The molecule has 0 aliphatic rings. The minimum absolute atomic E-state index is 0.0523. The first-order valence-corrected chi connectivity index (χ1v) is 7.81. The number of thiocarbonyl (C=S) groups is 1. The third kappa shape index (κ3) is 4.84. The van der Waals surface area contributed by atoms with Gasteiger partial charge in [-0.3, -0.25) is 4.79 Å². The van der Waals surface area contributed by atoms with Gasteiger partial charge >= 0.3 is 0 Å². The largest absolute Gasteiger partial charge is 0.483 e. The zero-order chi connectivity index (χ0) is 15.1. The molecule has 0 aliphatic heterocycles. The van der Waals surface area contributed by atoms with Crippen LogP contribution in [-0.2, 0) is 11.2 Å². The van der Waals surface area contributed by atoms with Crippen LogP contribution in [-0.4, -0.2) is 24.0 Å². The number of hydrogen-bond donors (Lipinski definition) is 2. The molecule has 6 heteroatoms. The monoisotopic (exact) mass is 320 g/mol. The van der Waals surface area contributed by atoms with E-state index in [-0.39, 0.29) is 17.5 Å². The molecule has 0 fully saturated rings. The number of nitrogens with one attached hydrogen (secondary N) is 1. The normalized spacial score (nSPS) is 10.1. The number of benzene rings is 1. The molecule has 2 rings (SSSR count). The van der Waals surface area contributed by atoms with Crippen LogP contribution >= 0.6 is 23.6 Å². The van der Waals surface area contributed by atoms with Gasteiger partial charge in [0.05, 0.1) is 5.56 Å². The molecule has 110 valence electrons. The van der Waals surface area contributed by atoms with E-state index in [2.05, 4.69) is 10.7 Å². The highest BCUT2D eigenvalue weighted by Crippen LogP contribution is 2.17. The van der Waals surface area contributed by atoms with E-state index >= 15 is 0 Å². The maximum atomic E-state index is 11.7. The smallest absolute Gasteiger partial charge is 0.257 e. The molecule has 1 aromatic carbocycles. The molecule has 0 saturated heterocycles. The molecule has 0 atom stereocenters. The first-order chi connectivity index (χ1) is 10.2. The Labute approximate surface area is 132 Å². The lowest BCUT2D eigenvalue weighted by atomic mass is 10.2. The molecule has 4 nitrogen and oxygen atoms in total. The second-order valence-corrected chi connectivity index (χ2v) is 5.60. The number of nitrogens with two attached hydrogens (primary N) is 1. The molecule has 0 bridgehead atoms. The lowest BCUT2D eigenvalue weighted by molar-refractivity contribution is -0.123. The van der Waals surface area contributed by atoms with Crippen molar-refractivity contribution in [3.8, 4) is 5.75 Å². The van der Waals surface area contributed by atoms with E-state index in [0.29, 0.717) is 17.9 Å². The van der Waals surface area contributed by atoms with E-state index in [0.717, 1.165) is 6.42 Å². The van der Waals surface area contributed by atoms with Crippen LogP contribution in [0.15, 0.2) is 41.1 Å². The van der Waals surface area contributed by atoms with Crippen LogP contribution in [0.5, 0.6) is 5.75 Å². The molecular weight excluding hydrogens is 304 g/mol. The van der Waals surface area contributed by atoms with E-state index in [1.165, 1.54) is 5.56 Å². The van der Waals surface area contributed by atoms with Crippen molar-refractivity contribution < 1.29 is 9.53 Å². The minimum Gasteiger partial charge on any atom is -0.483 e. The predicted molar refractivity (Wildman–Crippen MR) is 88.9 cm³/mol. The second-order valence-electron chi connectivity index (χ2n) is 4.38. The molecule has 1 aromatic heterocycles. The van der Waals surface area contributed by atoms with Crippen LogP contribution in [0.4, 0.5) is 0 Å². The summed E-state index contributed by atoms with van der Waals surface area (Å²) in [6.07, 6.45) is 0.818. The first-order valence-electron chi connectivity index (χ1n) is 6.46. The lowest BCUT2D eigenvalue weighted by Gasteiger charge is -2.10. The van der Waals surface area contributed by atoms with Crippen molar-refractivity contribution in [1.82, 2.24) is 5.32 Å². The van der Waals surface area contributed by atoms with E-state index in [1.54, 1.807) is 23.5 Å². The zero-order valence-electron chi connectivity index (χ0n) is 11.4. The van der Waals surface area contributed by atoms with Crippen molar-refractivity contribution in [2.75, 3.05) is 13.2 Å². The standard InChI is InChI=1S/C15H16N2O2S2/c16-15(20)12-3-1-2-4-13(12)19-9-14(18)17-7-5-11-6-8-21-10-11/h1-4,6,8,10H,5,7,9H2,(H2,16,20)(H,17,18). The second kappa shape index (κ2) is 7.75. The minimum atomic E-state index is -0.164. The fourth-order valence-electron chi connectivity index (χ4n) is 1.77. The third-order valence-electron chi connectivity index (χ3n) is 2.83. The van der Waals surface area contributed by atoms with Gasteiger partial charge in [-0.25, -0.2) is 0 Å². The van der Waals surface area contributed by atoms with Crippen LogP contribution in [0.1, 0.15) is 11.1 Å². The highest BCUT2D eigenvalue weighted by molar-refractivity contribution is 7.80. The third-order valence-corrected chi connectivity index (χ3v) is 3.78. The highest BCUT2D eigenvalue weighted by atomic mass is 32.1. The average Bonchev–Trinajstić information content (AvgIpc) is 2.98. The maximum Gasteiger partial charge on any atom is 0.257 e. The van der Waals surface area contributed by atoms with Crippen molar-refractivity contribution in [3.05, 3.63) is 52.2 Å². The number of para-hydroxylation sites is 1. The molecular formula is C15H16N2O2S2. The van der Waals surface area contributed by atoms with Gasteiger partial charge in [0, 0.05) is 6.54 Å². The Morgan fingerprint density at radius 2 is 2.14 bits per heavy atom. The topological polar surface area (TPSA) is 64.3 Å². The number of carbonyl (C=O) groups is 1. The summed E-state index contributed by atoms with van der Waals surface area (Å²) in [5.74, 6) is 0.362. The van der Waals surface area contributed by atoms with Gasteiger partial charge in [-0.2, -0.15) is 11.3 Å². The van der Waals surface area contributed by atoms with Crippen LogP contribution in [0.2, 0.25) is 0 Å². The fourth-order valence-corrected chi connectivity index (χ4v) is 2.64. The Morgan fingerprint density at radius 3 is 2.86 bits per heavy atom. The summed E-state index contributed by atoms with van der Waals surface area (Å²) in [4.78, 5) is 12.0. The summed E-state index contributed by atoms with van der Waals surface area (Å²) in [5.41, 5.74) is 7.47.